The van der Waals surface area contributed by atoms with Crippen LogP contribution in [0.3, 0.4) is 0 Å². The average Bonchev–Trinajstić information content (AvgIpc) is 2.86. The van der Waals surface area contributed by atoms with Crippen LogP contribution in [0.4, 0.5) is 0 Å². The zero-order valence-electron chi connectivity index (χ0n) is 17.4. The Kier molecular flexibility index (Phi) is 5.45. The van der Waals surface area contributed by atoms with E-state index in [9.17, 15) is 0 Å². The maximum absolute atomic E-state index is 2.34. The lowest BCUT2D eigenvalue weighted by molar-refractivity contribution is 1.20. The van der Waals surface area contributed by atoms with Gasteiger partial charge in [0.1, 0.15) is 0 Å². The molecule has 5 rings (SSSR count). The lowest BCUT2D eigenvalue weighted by Gasteiger charge is -2.15. The van der Waals surface area contributed by atoms with Gasteiger partial charge in [-0.1, -0.05) is 127 Å². The molecule has 0 aliphatic carbocycles. The molecule has 0 fully saturated rings. The molecule has 31 heavy (non-hydrogen) atoms. The van der Waals surface area contributed by atoms with Gasteiger partial charge in [-0.2, -0.15) is 0 Å². The van der Waals surface area contributed by atoms with Crippen molar-refractivity contribution in [2.45, 2.75) is 6.42 Å². The highest BCUT2D eigenvalue weighted by atomic mass is 14.2. The van der Waals surface area contributed by atoms with Crippen LogP contribution < -0.4 is 0 Å². The van der Waals surface area contributed by atoms with Gasteiger partial charge in [0, 0.05) is 0 Å². The molecule has 0 radical (unpaired) electrons. The van der Waals surface area contributed by atoms with Crippen LogP contribution in [0, 0.1) is 0 Å². The van der Waals surface area contributed by atoms with Crippen LogP contribution in [-0.2, 0) is 6.42 Å². The van der Waals surface area contributed by atoms with Crippen LogP contribution in [-0.4, -0.2) is 0 Å². The van der Waals surface area contributed by atoms with Crippen molar-refractivity contribution in [3.63, 3.8) is 0 Å². The van der Waals surface area contributed by atoms with Crippen LogP contribution in [0.1, 0.15) is 11.1 Å². The van der Waals surface area contributed by atoms with Crippen molar-refractivity contribution in [1.82, 2.24) is 0 Å². The molecule has 5 aromatic rings. The maximum atomic E-state index is 2.34. The molecule has 0 amide bonds. The first kappa shape index (κ1) is 19.1. The van der Waals surface area contributed by atoms with Crippen molar-refractivity contribution in [2.24, 2.45) is 0 Å². The standard InChI is InChI=1S/C31H24/c1-4-12-24(13-5-1)27-20-21-29(31(23-27)26-16-8-3-9-17-26)22-28-18-10-11-19-30(28)25-14-6-2-7-15-25/h1-21,23H,22H2. The molecule has 148 valence electrons. The van der Waals surface area contributed by atoms with Gasteiger partial charge < -0.3 is 0 Å². The quantitative estimate of drug-likeness (QED) is 0.280. The molecule has 0 unspecified atom stereocenters. The summed E-state index contributed by atoms with van der Waals surface area (Å²) in [5.41, 5.74) is 10.3. The minimum atomic E-state index is 0.893. The van der Waals surface area contributed by atoms with E-state index in [-0.39, 0.29) is 0 Å². The summed E-state index contributed by atoms with van der Waals surface area (Å²) in [6.45, 7) is 0. The molecule has 0 saturated heterocycles. The zero-order chi connectivity index (χ0) is 20.9. The molecule has 0 heterocycles. The second kappa shape index (κ2) is 8.85. The average molecular weight is 397 g/mol. The van der Waals surface area contributed by atoms with Crippen LogP contribution >= 0.6 is 0 Å². The predicted molar refractivity (Wildman–Crippen MR) is 132 cm³/mol. The van der Waals surface area contributed by atoms with E-state index in [2.05, 4.69) is 133 Å². The van der Waals surface area contributed by atoms with Gasteiger partial charge in [-0.15, -0.1) is 0 Å². The molecule has 0 aliphatic heterocycles. The van der Waals surface area contributed by atoms with Crippen molar-refractivity contribution >= 4 is 0 Å². The summed E-state index contributed by atoms with van der Waals surface area (Å²) in [4.78, 5) is 0. The summed E-state index contributed by atoms with van der Waals surface area (Å²) in [6.07, 6.45) is 0.893. The van der Waals surface area contributed by atoms with Crippen molar-refractivity contribution in [2.75, 3.05) is 0 Å². The van der Waals surface area contributed by atoms with E-state index >= 15 is 0 Å². The van der Waals surface area contributed by atoms with Gasteiger partial charge in [0.05, 0.1) is 0 Å². The summed E-state index contributed by atoms with van der Waals surface area (Å²) in [7, 11) is 0. The highest BCUT2D eigenvalue weighted by molar-refractivity contribution is 5.77. The van der Waals surface area contributed by atoms with Crippen molar-refractivity contribution < 1.29 is 0 Å². The van der Waals surface area contributed by atoms with E-state index in [1.54, 1.807) is 0 Å². The Balaban J connectivity index is 1.61. The van der Waals surface area contributed by atoms with Crippen molar-refractivity contribution in [3.05, 3.63) is 145 Å². The highest BCUT2D eigenvalue weighted by Gasteiger charge is 2.11. The summed E-state index contributed by atoms with van der Waals surface area (Å²) < 4.78 is 0. The van der Waals surface area contributed by atoms with E-state index in [0.717, 1.165) is 6.42 Å². The molecule has 0 aliphatic rings. The number of benzene rings is 5. The fraction of sp³-hybridized carbons (Fsp3) is 0.0323. The van der Waals surface area contributed by atoms with E-state index < -0.39 is 0 Å². The molecule has 0 heteroatoms. The summed E-state index contributed by atoms with van der Waals surface area (Å²) in [6, 6.07) is 47.6. The number of rotatable bonds is 5. The fourth-order valence-electron chi connectivity index (χ4n) is 4.21. The lowest BCUT2D eigenvalue weighted by atomic mass is 9.89. The molecule has 0 saturated carbocycles. The largest absolute Gasteiger partial charge is 0.0622 e. The van der Waals surface area contributed by atoms with Gasteiger partial charge in [0.15, 0.2) is 0 Å². The van der Waals surface area contributed by atoms with Gasteiger partial charge >= 0.3 is 0 Å². The maximum Gasteiger partial charge on any atom is -0.00135 e. The number of hydrogen-bond acceptors (Lipinski definition) is 0. The lowest BCUT2D eigenvalue weighted by Crippen LogP contribution is -1.96. The Hall–Kier alpha value is -3.90. The first-order valence-electron chi connectivity index (χ1n) is 10.8. The first-order valence-corrected chi connectivity index (χ1v) is 10.8. The van der Waals surface area contributed by atoms with Crippen molar-refractivity contribution in [1.29, 1.82) is 0 Å². The van der Waals surface area contributed by atoms with Gasteiger partial charge in [0.25, 0.3) is 0 Å². The van der Waals surface area contributed by atoms with Gasteiger partial charge in [-0.3, -0.25) is 0 Å². The van der Waals surface area contributed by atoms with Crippen molar-refractivity contribution in [3.8, 4) is 33.4 Å². The highest BCUT2D eigenvalue weighted by Crippen LogP contribution is 2.33. The minimum Gasteiger partial charge on any atom is -0.0622 e. The van der Waals surface area contributed by atoms with E-state index in [4.69, 9.17) is 0 Å². The van der Waals surface area contributed by atoms with Gasteiger partial charge in [0.2, 0.25) is 0 Å². The SMILES string of the molecule is c1ccc(-c2ccc(Cc3ccccc3-c3ccccc3)c(-c3ccccc3)c2)cc1. The zero-order valence-corrected chi connectivity index (χ0v) is 17.4. The predicted octanol–water partition coefficient (Wildman–Crippen LogP) is 8.28. The van der Waals surface area contributed by atoms with Crippen LogP contribution in [0.5, 0.6) is 0 Å². The Morgan fingerprint density at radius 2 is 0.806 bits per heavy atom. The van der Waals surface area contributed by atoms with E-state index in [1.807, 2.05) is 0 Å². The molecular weight excluding hydrogens is 372 g/mol. The fourth-order valence-corrected chi connectivity index (χ4v) is 4.21. The molecule has 0 spiro atoms. The third kappa shape index (κ3) is 4.20. The van der Waals surface area contributed by atoms with Crippen LogP contribution in [0.15, 0.2) is 133 Å². The first-order chi connectivity index (χ1) is 15.4. The van der Waals surface area contributed by atoms with E-state index in [0.29, 0.717) is 0 Å². The Bertz CT molecular complexity index is 1270. The van der Waals surface area contributed by atoms with E-state index in [1.165, 1.54) is 44.5 Å². The molecule has 0 bridgehead atoms. The second-order valence-electron chi connectivity index (χ2n) is 7.80. The summed E-state index contributed by atoms with van der Waals surface area (Å²) >= 11 is 0. The summed E-state index contributed by atoms with van der Waals surface area (Å²) in [5.74, 6) is 0. The molecular formula is C31H24. The second-order valence-corrected chi connectivity index (χ2v) is 7.80. The molecule has 5 aromatic carbocycles. The number of hydrogen-bond donors (Lipinski definition) is 0. The Morgan fingerprint density at radius 1 is 0.323 bits per heavy atom. The third-order valence-electron chi connectivity index (χ3n) is 5.78. The molecule has 0 N–H and O–H groups in total. The van der Waals surface area contributed by atoms with Crippen LogP contribution in [0.25, 0.3) is 33.4 Å². The third-order valence-corrected chi connectivity index (χ3v) is 5.78. The minimum absolute atomic E-state index is 0.893. The summed E-state index contributed by atoms with van der Waals surface area (Å²) in [5, 5.41) is 0. The normalized spacial score (nSPS) is 10.7. The Labute approximate surface area is 184 Å². The van der Waals surface area contributed by atoms with Crippen LogP contribution in [0.2, 0.25) is 0 Å². The van der Waals surface area contributed by atoms with Gasteiger partial charge in [-0.25, -0.2) is 0 Å². The molecule has 0 atom stereocenters. The smallest absolute Gasteiger partial charge is 0.00135 e. The topological polar surface area (TPSA) is 0 Å². The monoisotopic (exact) mass is 396 g/mol. The Morgan fingerprint density at radius 3 is 1.45 bits per heavy atom. The van der Waals surface area contributed by atoms with Gasteiger partial charge in [-0.05, 0) is 57.0 Å². The molecule has 0 aromatic heterocycles. The molecule has 0 nitrogen and oxygen atoms in total.